The second-order valence-corrected chi connectivity index (χ2v) is 4.17. The molecule has 0 radical (unpaired) electrons. The molecule has 96 valence electrons. The Balaban J connectivity index is 2.19. The summed E-state index contributed by atoms with van der Waals surface area (Å²) in [4.78, 5) is 15.9. The zero-order chi connectivity index (χ0) is 12.7. The maximum absolute atomic E-state index is 10.9. The number of hydrogen-bond acceptors (Lipinski definition) is 4. The second-order valence-electron chi connectivity index (χ2n) is 4.17. The number of methoxy groups -OCH3 is 1. The van der Waals surface area contributed by atoms with E-state index in [1.165, 1.54) is 12.7 Å². The lowest BCUT2D eigenvalue weighted by Crippen LogP contribution is -2.32. The van der Waals surface area contributed by atoms with Crippen LogP contribution in [0.15, 0.2) is 18.5 Å². The van der Waals surface area contributed by atoms with E-state index in [1.54, 1.807) is 0 Å². The van der Waals surface area contributed by atoms with Crippen LogP contribution >= 0.6 is 0 Å². The van der Waals surface area contributed by atoms with Crippen molar-refractivity contribution >= 4 is 5.97 Å². The van der Waals surface area contributed by atoms with Crippen LogP contribution in [0.1, 0.15) is 12.0 Å². The number of aliphatic hydroxyl groups excluding tert-OH is 1. The highest BCUT2D eigenvalue weighted by Gasteiger charge is 2.13. The predicted octanol–water partition coefficient (Wildman–Crippen LogP) is 0.413. The zero-order valence-corrected chi connectivity index (χ0v) is 10.3. The Labute approximate surface area is 101 Å². The van der Waals surface area contributed by atoms with Crippen LogP contribution in [-0.4, -0.2) is 54.3 Å². The number of ether oxygens (including phenoxy) is 1. The number of likely N-dealkylation sites (N-methyl/N-ethyl adjacent to an activating group) is 1. The second kappa shape index (κ2) is 7.09. The minimum absolute atomic E-state index is 0.0466. The summed E-state index contributed by atoms with van der Waals surface area (Å²) in [6.07, 6.45) is 4.15. The normalized spacial score (nSPS) is 12.7. The van der Waals surface area contributed by atoms with Gasteiger partial charge in [-0.15, -0.1) is 0 Å². The van der Waals surface area contributed by atoms with Crippen LogP contribution in [0.3, 0.4) is 0 Å². The van der Waals surface area contributed by atoms with E-state index >= 15 is 0 Å². The smallest absolute Gasteiger partial charge is 0.308 e. The first kappa shape index (κ1) is 13.7. The van der Waals surface area contributed by atoms with Gasteiger partial charge in [-0.05, 0) is 25.1 Å². The standard InChI is InChI=1S/C12H20N2O3/c1-14(6-4-10-3-5-13-8-10)9-11(15)7-12(16)17-2/h3,5,8,11,13,15H,4,6-7,9H2,1-2H3. The fourth-order valence-electron chi connectivity index (χ4n) is 1.63. The van der Waals surface area contributed by atoms with Crippen molar-refractivity contribution < 1.29 is 14.6 Å². The maximum atomic E-state index is 10.9. The number of hydrogen-bond donors (Lipinski definition) is 2. The summed E-state index contributed by atoms with van der Waals surface area (Å²) in [7, 11) is 3.25. The lowest BCUT2D eigenvalue weighted by Gasteiger charge is -2.19. The van der Waals surface area contributed by atoms with E-state index < -0.39 is 6.10 Å². The summed E-state index contributed by atoms with van der Waals surface area (Å²) in [5.41, 5.74) is 1.24. The SMILES string of the molecule is COC(=O)CC(O)CN(C)CCc1cc[nH]c1. The average molecular weight is 240 g/mol. The molecule has 1 heterocycles. The third kappa shape index (κ3) is 5.51. The lowest BCUT2D eigenvalue weighted by atomic mass is 10.2. The fourth-order valence-corrected chi connectivity index (χ4v) is 1.63. The molecule has 0 spiro atoms. The van der Waals surface area contributed by atoms with Crippen molar-refractivity contribution in [3.63, 3.8) is 0 Å². The molecule has 0 aliphatic carbocycles. The lowest BCUT2D eigenvalue weighted by molar-refractivity contribution is -0.143. The number of carbonyl (C=O) groups is 1. The van der Waals surface area contributed by atoms with Crippen molar-refractivity contribution in [2.45, 2.75) is 18.9 Å². The molecule has 0 aliphatic rings. The molecule has 0 aromatic carbocycles. The third-order valence-electron chi connectivity index (χ3n) is 2.60. The van der Waals surface area contributed by atoms with Crippen molar-refractivity contribution in [3.8, 4) is 0 Å². The Morgan fingerprint density at radius 3 is 3.00 bits per heavy atom. The predicted molar refractivity (Wildman–Crippen MR) is 64.6 cm³/mol. The van der Waals surface area contributed by atoms with Crippen LogP contribution in [0.2, 0.25) is 0 Å². The van der Waals surface area contributed by atoms with E-state index in [4.69, 9.17) is 0 Å². The molecule has 1 unspecified atom stereocenters. The number of nitrogens with one attached hydrogen (secondary N) is 1. The Bertz CT molecular complexity index is 325. The van der Waals surface area contributed by atoms with E-state index in [0.717, 1.165) is 13.0 Å². The summed E-state index contributed by atoms with van der Waals surface area (Å²) in [5.74, 6) is -0.378. The van der Waals surface area contributed by atoms with Gasteiger partial charge in [0.2, 0.25) is 0 Å². The largest absolute Gasteiger partial charge is 0.469 e. The van der Waals surface area contributed by atoms with Crippen molar-refractivity contribution in [1.29, 1.82) is 0 Å². The molecule has 5 nitrogen and oxygen atoms in total. The van der Waals surface area contributed by atoms with Crippen molar-refractivity contribution in [2.75, 3.05) is 27.2 Å². The van der Waals surface area contributed by atoms with Gasteiger partial charge in [-0.25, -0.2) is 0 Å². The van der Waals surface area contributed by atoms with Gasteiger partial charge in [0.05, 0.1) is 19.6 Å². The van der Waals surface area contributed by atoms with Crippen molar-refractivity contribution in [2.24, 2.45) is 0 Å². The van der Waals surface area contributed by atoms with Gasteiger partial charge in [0.25, 0.3) is 0 Å². The molecule has 0 fully saturated rings. The molecule has 1 rings (SSSR count). The summed E-state index contributed by atoms with van der Waals surface area (Å²) >= 11 is 0. The zero-order valence-electron chi connectivity index (χ0n) is 10.3. The summed E-state index contributed by atoms with van der Waals surface area (Å²) in [5, 5.41) is 9.63. The fraction of sp³-hybridized carbons (Fsp3) is 0.583. The van der Waals surface area contributed by atoms with E-state index in [0.29, 0.717) is 6.54 Å². The van der Waals surface area contributed by atoms with E-state index in [-0.39, 0.29) is 12.4 Å². The molecule has 1 atom stereocenters. The molecule has 0 amide bonds. The molecule has 17 heavy (non-hydrogen) atoms. The molecule has 1 aromatic rings. The van der Waals surface area contributed by atoms with Crippen LogP contribution in [0.4, 0.5) is 0 Å². The Morgan fingerprint density at radius 2 is 2.41 bits per heavy atom. The number of H-pyrrole nitrogens is 1. The van der Waals surface area contributed by atoms with E-state index in [2.05, 4.69) is 9.72 Å². The first-order valence-electron chi connectivity index (χ1n) is 5.67. The monoisotopic (exact) mass is 240 g/mol. The number of nitrogens with zero attached hydrogens (tertiary/aromatic N) is 1. The summed E-state index contributed by atoms with van der Waals surface area (Å²) < 4.78 is 4.50. The number of rotatable bonds is 7. The molecule has 0 aliphatic heterocycles. The number of aromatic amines is 1. The molecule has 2 N–H and O–H groups in total. The van der Waals surface area contributed by atoms with Gasteiger partial charge in [-0.3, -0.25) is 4.79 Å². The minimum atomic E-state index is -0.668. The molecular formula is C12H20N2O3. The molecule has 5 heteroatoms. The third-order valence-corrected chi connectivity index (χ3v) is 2.60. The first-order valence-corrected chi connectivity index (χ1v) is 5.67. The van der Waals surface area contributed by atoms with Gasteiger partial charge in [0.1, 0.15) is 0 Å². The number of aliphatic hydroxyl groups is 1. The van der Waals surface area contributed by atoms with Gasteiger partial charge in [0.15, 0.2) is 0 Å². The van der Waals surface area contributed by atoms with Crippen LogP contribution in [0.25, 0.3) is 0 Å². The molecule has 0 bridgehead atoms. The minimum Gasteiger partial charge on any atom is -0.469 e. The summed E-state index contributed by atoms with van der Waals surface area (Å²) in [6.45, 7) is 1.32. The quantitative estimate of drug-likeness (QED) is 0.678. The molecule has 0 saturated heterocycles. The van der Waals surface area contributed by atoms with Crippen molar-refractivity contribution in [1.82, 2.24) is 9.88 Å². The Morgan fingerprint density at radius 1 is 1.65 bits per heavy atom. The van der Waals surface area contributed by atoms with Crippen molar-refractivity contribution in [3.05, 3.63) is 24.0 Å². The Hall–Kier alpha value is -1.33. The number of esters is 1. The van der Waals surface area contributed by atoms with E-state index in [9.17, 15) is 9.90 Å². The summed E-state index contributed by atoms with van der Waals surface area (Å²) in [6, 6.07) is 2.03. The topological polar surface area (TPSA) is 65.6 Å². The van der Waals surface area contributed by atoms with Crippen LogP contribution in [0.5, 0.6) is 0 Å². The molecule has 1 aromatic heterocycles. The van der Waals surface area contributed by atoms with Crippen LogP contribution in [0, 0.1) is 0 Å². The van der Waals surface area contributed by atoms with Crippen LogP contribution < -0.4 is 0 Å². The highest BCUT2D eigenvalue weighted by atomic mass is 16.5. The highest BCUT2D eigenvalue weighted by Crippen LogP contribution is 2.01. The maximum Gasteiger partial charge on any atom is 0.308 e. The van der Waals surface area contributed by atoms with Gasteiger partial charge < -0.3 is 19.7 Å². The van der Waals surface area contributed by atoms with Gasteiger partial charge >= 0.3 is 5.97 Å². The molecular weight excluding hydrogens is 220 g/mol. The number of carbonyl (C=O) groups excluding carboxylic acids is 1. The van der Waals surface area contributed by atoms with Gasteiger partial charge in [0, 0.05) is 25.5 Å². The average Bonchev–Trinajstić information content (AvgIpc) is 2.78. The Kier molecular flexibility index (Phi) is 5.72. The molecule has 0 saturated carbocycles. The van der Waals surface area contributed by atoms with E-state index in [1.807, 2.05) is 30.4 Å². The van der Waals surface area contributed by atoms with Gasteiger partial charge in [-0.2, -0.15) is 0 Å². The first-order chi connectivity index (χ1) is 8.11. The van der Waals surface area contributed by atoms with Crippen LogP contribution in [-0.2, 0) is 16.0 Å². The highest BCUT2D eigenvalue weighted by molar-refractivity contribution is 5.69. The van der Waals surface area contributed by atoms with Gasteiger partial charge in [-0.1, -0.05) is 0 Å². The number of aromatic nitrogens is 1.